The van der Waals surface area contributed by atoms with E-state index in [1.165, 1.54) is 7.11 Å². The van der Waals surface area contributed by atoms with Gasteiger partial charge in [-0.2, -0.15) is 0 Å². The molecule has 0 N–H and O–H groups in total. The second-order valence-electron chi connectivity index (χ2n) is 6.35. The molecule has 0 aliphatic carbocycles. The molecule has 1 aromatic heterocycles. The number of fused-ring (bicyclic) bond motifs is 1. The lowest BCUT2D eigenvalue weighted by Gasteiger charge is -2.27. The Balaban J connectivity index is 1.67. The van der Waals surface area contributed by atoms with E-state index in [-0.39, 0.29) is 24.0 Å². The van der Waals surface area contributed by atoms with Crippen LogP contribution in [-0.4, -0.2) is 47.1 Å². The second-order valence-corrected chi connectivity index (χ2v) is 6.35. The zero-order valence-corrected chi connectivity index (χ0v) is 13.0. The number of likely N-dealkylation sites (tertiary alicyclic amines) is 1. The van der Waals surface area contributed by atoms with Gasteiger partial charge in [0.15, 0.2) is 0 Å². The van der Waals surface area contributed by atoms with Crippen molar-refractivity contribution in [2.24, 2.45) is 11.8 Å². The van der Waals surface area contributed by atoms with Crippen LogP contribution >= 0.6 is 0 Å². The molecule has 6 heteroatoms. The summed E-state index contributed by atoms with van der Waals surface area (Å²) in [6.45, 7) is 2.44. The van der Waals surface area contributed by atoms with Gasteiger partial charge in [-0.25, -0.2) is 0 Å². The lowest BCUT2D eigenvalue weighted by molar-refractivity contribution is -0.151. The summed E-state index contributed by atoms with van der Waals surface area (Å²) < 4.78 is 10.9. The number of hydrogen-bond donors (Lipinski definition) is 0. The van der Waals surface area contributed by atoms with Gasteiger partial charge in [0.1, 0.15) is 11.5 Å². The van der Waals surface area contributed by atoms with E-state index >= 15 is 0 Å². The molecule has 2 bridgehead atoms. The average molecular weight is 314 g/mol. The number of pyridine rings is 1. The normalized spacial score (nSPS) is 35.5. The molecule has 4 heterocycles. The van der Waals surface area contributed by atoms with E-state index in [0.29, 0.717) is 6.54 Å². The highest BCUT2D eigenvalue weighted by Crippen LogP contribution is 2.53. The largest absolute Gasteiger partial charge is 0.469 e. The molecule has 0 aromatic carbocycles. The van der Waals surface area contributed by atoms with Crippen LogP contribution in [-0.2, 0) is 19.1 Å². The van der Waals surface area contributed by atoms with Gasteiger partial charge in [0, 0.05) is 12.4 Å². The van der Waals surface area contributed by atoms with Crippen molar-refractivity contribution in [2.45, 2.75) is 24.7 Å². The highest BCUT2D eigenvalue weighted by molar-refractivity contribution is 5.91. The van der Waals surface area contributed by atoms with Crippen LogP contribution in [0.4, 0.5) is 0 Å². The Labute approximate surface area is 134 Å². The number of nitrogens with zero attached hydrogens (tertiary/aromatic N) is 2. The van der Waals surface area contributed by atoms with Gasteiger partial charge in [0.05, 0.1) is 31.7 Å². The molecule has 4 rings (SSSR count). The molecule has 0 saturated carbocycles. The Hall–Kier alpha value is -2.21. The van der Waals surface area contributed by atoms with Crippen LogP contribution < -0.4 is 0 Å². The summed E-state index contributed by atoms with van der Waals surface area (Å²) in [6, 6.07) is 3.70. The van der Waals surface area contributed by atoms with Crippen molar-refractivity contribution in [1.29, 1.82) is 0 Å². The number of amides is 1. The molecule has 1 aromatic rings. The van der Waals surface area contributed by atoms with Gasteiger partial charge in [-0.1, -0.05) is 12.2 Å². The van der Waals surface area contributed by atoms with E-state index in [2.05, 4.69) is 4.98 Å². The van der Waals surface area contributed by atoms with Crippen molar-refractivity contribution in [3.05, 3.63) is 42.2 Å². The first-order chi connectivity index (χ1) is 11.1. The number of esters is 1. The third-order valence-electron chi connectivity index (χ3n) is 5.26. The Morgan fingerprint density at radius 2 is 2.22 bits per heavy atom. The lowest BCUT2D eigenvalue weighted by atomic mass is 9.77. The standard InChI is InChI=1S/C17H18N2O4/c1-10(11-4-7-18-8-5-11)19-9-17-6-3-12(23-17)13(16(21)22-2)14(17)15(19)20/h3-8,10,12-14H,9H2,1-2H3/t10-,12+,13+,14+,17-/m0/s1. The first-order valence-electron chi connectivity index (χ1n) is 7.73. The van der Waals surface area contributed by atoms with Crippen LogP contribution in [0.2, 0.25) is 0 Å². The van der Waals surface area contributed by atoms with Gasteiger partial charge in [-0.15, -0.1) is 0 Å². The summed E-state index contributed by atoms with van der Waals surface area (Å²) in [5, 5.41) is 0. The van der Waals surface area contributed by atoms with E-state index in [0.717, 1.165) is 5.56 Å². The van der Waals surface area contributed by atoms with Crippen molar-refractivity contribution in [3.63, 3.8) is 0 Å². The summed E-state index contributed by atoms with van der Waals surface area (Å²) in [4.78, 5) is 30.9. The van der Waals surface area contributed by atoms with Crippen molar-refractivity contribution < 1.29 is 19.1 Å². The highest BCUT2D eigenvalue weighted by Gasteiger charge is 2.67. The fourth-order valence-corrected chi connectivity index (χ4v) is 4.08. The number of hydrogen-bond acceptors (Lipinski definition) is 5. The number of methoxy groups -OCH3 is 1. The van der Waals surface area contributed by atoms with Crippen LogP contribution in [0.5, 0.6) is 0 Å². The van der Waals surface area contributed by atoms with E-state index < -0.39 is 17.4 Å². The van der Waals surface area contributed by atoms with Crippen molar-refractivity contribution in [1.82, 2.24) is 9.88 Å². The third-order valence-corrected chi connectivity index (χ3v) is 5.26. The number of rotatable bonds is 3. The molecular formula is C17H18N2O4. The van der Waals surface area contributed by atoms with Crippen LogP contribution in [0.3, 0.4) is 0 Å². The number of carbonyl (C=O) groups is 2. The Kier molecular flexibility index (Phi) is 3.06. The topological polar surface area (TPSA) is 68.7 Å². The SMILES string of the molecule is COC(=O)[C@@H]1[C@H]2C=C[C@@]3(CN([C@@H](C)c4ccncc4)C(=O)[C@@H]13)O2. The van der Waals surface area contributed by atoms with E-state index in [9.17, 15) is 9.59 Å². The third kappa shape index (κ3) is 1.88. The summed E-state index contributed by atoms with van der Waals surface area (Å²) in [7, 11) is 1.35. The Morgan fingerprint density at radius 3 is 2.91 bits per heavy atom. The minimum Gasteiger partial charge on any atom is -0.469 e. The maximum atomic E-state index is 13.0. The van der Waals surface area contributed by atoms with Crippen LogP contribution in [0.15, 0.2) is 36.7 Å². The smallest absolute Gasteiger partial charge is 0.312 e. The fourth-order valence-electron chi connectivity index (χ4n) is 4.08. The van der Waals surface area contributed by atoms with Gasteiger partial charge in [-0.3, -0.25) is 14.6 Å². The molecule has 6 nitrogen and oxygen atoms in total. The molecule has 0 unspecified atom stereocenters. The van der Waals surface area contributed by atoms with Gasteiger partial charge in [-0.05, 0) is 24.6 Å². The maximum Gasteiger partial charge on any atom is 0.312 e. The first kappa shape index (κ1) is 14.4. The molecule has 3 aliphatic rings. The van der Waals surface area contributed by atoms with Crippen LogP contribution in [0, 0.1) is 11.8 Å². The molecule has 120 valence electrons. The molecule has 2 fully saturated rings. The second kappa shape index (κ2) is 4.89. The minimum atomic E-state index is -0.693. The molecule has 2 saturated heterocycles. The van der Waals surface area contributed by atoms with Crippen molar-refractivity contribution >= 4 is 11.9 Å². The van der Waals surface area contributed by atoms with Crippen LogP contribution in [0.1, 0.15) is 18.5 Å². The summed E-state index contributed by atoms with van der Waals surface area (Å²) >= 11 is 0. The summed E-state index contributed by atoms with van der Waals surface area (Å²) in [5.74, 6) is -1.46. The average Bonchev–Trinajstić information content (AvgIpc) is 3.22. The van der Waals surface area contributed by atoms with E-state index in [1.54, 1.807) is 17.3 Å². The molecule has 0 radical (unpaired) electrons. The zero-order valence-electron chi connectivity index (χ0n) is 13.0. The van der Waals surface area contributed by atoms with Gasteiger partial charge in [0.2, 0.25) is 5.91 Å². The fraction of sp³-hybridized carbons (Fsp3) is 0.471. The quantitative estimate of drug-likeness (QED) is 0.617. The molecule has 3 aliphatic heterocycles. The Morgan fingerprint density at radius 1 is 1.48 bits per heavy atom. The summed E-state index contributed by atoms with van der Waals surface area (Å²) in [5.41, 5.74) is 0.319. The van der Waals surface area contributed by atoms with Gasteiger partial charge < -0.3 is 14.4 Å². The first-order valence-corrected chi connectivity index (χ1v) is 7.73. The van der Waals surface area contributed by atoms with Crippen molar-refractivity contribution in [3.8, 4) is 0 Å². The Bertz CT molecular complexity index is 689. The minimum absolute atomic E-state index is 0.0448. The highest BCUT2D eigenvalue weighted by atomic mass is 16.5. The number of aromatic nitrogens is 1. The molecule has 1 spiro atoms. The molecule has 1 amide bonds. The lowest BCUT2D eigenvalue weighted by Crippen LogP contribution is -2.39. The number of ether oxygens (including phenoxy) is 2. The molecule has 5 atom stereocenters. The molecule has 23 heavy (non-hydrogen) atoms. The van der Waals surface area contributed by atoms with Gasteiger partial charge in [0.25, 0.3) is 0 Å². The van der Waals surface area contributed by atoms with E-state index in [4.69, 9.17) is 9.47 Å². The monoisotopic (exact) mass is 314 g/mol. The molecular weight excluding hydrogens is 296 g/mol. The zero-order chi connectivity index (χ0) is 16.2. The predicted octanol–water partition coefficient (Wildman–Crippen LogP) is 1.10. The van der Waals surface area contributed by atoms with Gasteiger partial charge >= 0.3 is 5.97 Å². The van der Waals surface area contributed by atoms with E-state index in [1.807, 2.05) is 31.2 Å². The maximum absolute atomic E-state index is 13.0. The predicted molar refractivity (Wildman–Crippen MR) is 80.1 cm³/mol. The summed E-state index contributed by atoms with van der Waals surface area (Å²) in [6.07, 6.45) is 6.90. The van der Waals surface area contributed by atoms with Crippen LogP contribution in [0.25, 0.3) is 0 Å². The van der Waals surface area contributed by atoms with Crippen molar-refractivity contribution in [2.75, 3.05) is 13.7 Å². The number of carbonyl (C=O) groups excluding carboxylic acids is 2.